The maximum absolute atomic E-state index is 3.75. The first-order chi connectivity index (χ1) is 7.99. The van der Waals surface area contributed by atoms with Crippen LogP contribution in [0.2, 0.25) is 0 Å². The Morgan fingerprint density at radius 1 is 1.12 bits per heavy atom. The van der Waals surface area contributed by atoms with E-state index in [-0.39, 0.29) is 0 Å². The summed E-state index contributed by atoms with van der Waals surface area (Å²) in [5.41, 5.74) is 0.585. The second-order valence-electron chi connectivity index (χ2n) is 6.76. The van der Waals surface area contributed by atoms with Crippen molar-refractivity contribution in [1.29, 1.82) is 0 Å². The Balaban J connectivity index is 2.07. The number of hydrogen-bond donors (Lipinski definition) is 1. The molecule has 1 aliphatic carbocycles. The molecule has 1 unspecified atom stereocenters. The Bertz CT molecular complexity index is 199. The summed E-state index contributed by atoms with van der Waals surface area (Å²) in [5.74, 6) is 0. The fraction of sp³-hybridized carbons (Fsp3) is 1.00. The van der Waals surface area contributed by atoms with E-state index in [9.17, 15) is 0 Å². The van der Waals surface area contributed by atoms with Crippen molar-refractivity contribution < 1.29 is 0 Å². The van der Waals surface area contributed by atoms with Crippen molar-refractivity contribution in [1.82, 2.24) is 10.2 Å². The average Bonchev–Trinajstić information content (AvgIpc) is 2.39. The molecule has 0 heterocycles. The summed E-state index contributed by atoms with van der Waals surface area (Å²) in [6, 6.07) is 0.788. The lowest BCUT2D eigenvalue weighted by Gasteiger charge is -2.22. The van der Waals surface area contributed by atoms with Crippen molar-refractivity contribution in [2.75, 3.05) is 27.2 Å². The smallest absolute Gasteiger partial charge is 0.00672 e. The van der Waals surface area contributed by atoms with Crippen LogP contribution >= 0.6 is 0 Å². The molecule has 2 nitrogen and oxygen atoms in total. The third-order valence-electron chi connectivity index (χ3n) is 4.04. The van der Waals surface area contributed by atoms with Crippen molar-refractivity contribution in [2.24, 2.45) is 5.41 Å². The van der Waals surface area contributed by atoms with Gasteiger partial charge in [-0.15, -0.1) is 0 Å². The molecule has 2 heteroatoms. The quantitative estimate of drug-likeness (QED) is 0.566. The molecule has 0 aromatic heterocycles. The van der Waals surface area contributed by atoms with Gasteiger partial charge in [-0.2, -0.15) is 0 Å². The molecule has 0 amide bonds. The van der Waals surface area contributed by atoms with Crippen LogP contribution in [-0.2, 0) is 0 Å². The van der Waals surface area contributed by atoms with E-state index in [1.54, 1.807) is 0 Å². The second kappa shape index (κ2) is 7.38. The van der Waals surface area contributed by atoms with E-state index in [4.69, 9.17) is 0 Å². The van der Waals surface area contributed by atoms with Crippen LogP contribution in [0.5, 0.6) is 0 Å². The van der Waals surface area contributed by atoms with Gasteiger partial charge < -0.3 is 10.2 Å². The zero-order valence-electron chi connectivity index (χ0n) is 12.4. The minimum absolute atomic E-state index is 0.585. The van der Waals surface area contributed by atoms with Crippen molar-refractivity contribution in [3.05, 3.63) is 0 Å². The van der Waals surface area contributed by atoms with Crippen LogP contribution in [0, 0.1) is 5.41 Å². The van der Waals surface area contributed by atoms with Crippen molar-refractivity contribution in [3.8, 4) is 0 Å². The number of nitrogens with zero attached hydrogens (tertiary/aromatic N) is 1. The van der Waals surface area contributed by atoms with Gasteiger partial charge >= 0.3 is 0 Å². The van der Waals surface area contributed by atoms with Gasteiger partial charge in [0.2, 0.25) is 0 Å². The molecule has 1 fully saturated rings. The molecule has 0 aromatic carbocycles. The van der Waals surface area contributed by atoms with Crippen molar-refractivity contribution in [3.63, 3.8) is 0 Å². The molecule has 0 aromatic rings. The van der Waals surface area contributed by atoms with Gasteiger partial charge in [0.15, 0.2) is 0 Å². The Labute approximate surface area is 108 Å². The monoisotopic (exact) mass is 240 g/mol. The van der Waals surface area contributed by atoms with E-state index in [1.165, 1.54) is 58.0 Å². The molecule has 0 spiro atoms. The molecular formula is C15H32N2. The van der Waals surface area contributed by atoms with E-state index in [2.05, 4.69) is 38.2 Å². The largest absolute Gasteiger partial charge is 0.314 e. The van der Waals surface area contributed by atoms with Crippen LogP contribution in [0.25, 0.3) is 0 Å². The topological polar surface area (TPSA) is 15.3 Å². The van der Waals surface area contributed by atoms with Gasteiger partial charge in [-0.3, -0.25) is 0 Å². The summed E-state index contributed by atoms with van der Waals surface area (Å²) in [4.78, 5) is 2.27. The van der Waals surface area contributed by atoms with Crippen LogP contribution in [0.15, 0.2) is 0 Å². The molecule has 102 valence electrons. The lowest BCUT2D eigenvalue weighted by molar-refractivity contribution is 0.309. The Morgan fingerprint density at radius 3 is 2.59 bits per heavy atom. The summed E-state index contributed by atoms with van der Waals surface area (Å²) in [7, 11) is 4.31. The summed E-state index contributed by atoms with van der Waals surface area (Å²) in [6.45, 7) is 7.28. The normalized spacial score (nSPS) is 24.9. The molecule has 1 rings (SSSR count). The zero-order chi connectivity index (χ0) is 12.7. The van der Waals surface area contributed by atoms with Gasteiger partial charge in [-0.1, -0.05) is 20.3 Å². The van der Waals surface area contributed by atoms with Gasteiger partial charge in [0.25, 0.3) is 0 Å². The number of rotatable bonds is 6. The van der Waals surface area contributed by atoms with Crippen LogP contribution < -0.4 is 5.32 Å². The van der Waals surface area contributed by atoms with Gasteiger partial charge in [0.1, 0.15) is 0 Å². The number of nitrogens with one attached hydrogen (secondary N) is 1. The molecule has 17 heavy (non-hydrogen) atoms. The Morgan fingerprint density at radius 2 is 1.88 bits per heavy atom. The predicted octanol–water partition coefficient (Wildman–Crippen LogP) is 3.28. The minimum Gasteiger partial charge on any atom is -0.314 e. The van der Waals surface area contributed by atoms with E-state index < -0.39 is 0 Å². The van der Waals surface area contributed by atoms with Gasteiger partial charge in [-0.05, 0) is 71.1 Å². The van der Waals surface area contributed by atoms with Gasteiger partial charge in [-0.25, -0.2) is 0 Å². The van der Waals surface area contributed by atoms with E-state index in [0.717, 1.165) is 6.04 Å². The van der Waals surface area contributed by atoms with Crippen LogP contribution in [0.4, 0.5) is 0 Å². The molecule has 0 radical (unpaired) electrons. The second-order valence-corrected chi connectivity index (χ2v) is 6.76. The highest BCUT2D eigenvalue weighted by Gasteiger charge is 2.23. The molecule has 0 bridgehead atoms. The molecule has 0 saturated heterocycles. The molecule has 1 N–H and O–H groups in total. The maximum atomic E-state index is 3.75. The standard InChI is InChI=1S/C15H32N2/c1-15(2)10-7-8-14(9-11-15)16-12-5-6-13-17(3)4/h14,16H,5-13H2,1-4H3. The number of hydrogen-bond acceptors (Lipinski definition) is 2. The Kier molecular flexibility index (Phi) is 6.50. The molecular weight excluding hydrogens is 208 g/mol. The van der Waals surface area contributed by atoms with Gasteiger partial charge in [0.05, 0.1) is 0 Å². The number of unbranched alkanes of at least 4 members (excludes halogenated alkanes) is 1. The average molecular weight is 240 g/mol. The first kappa shape index (κ1) is 15.0. The van der Waals surface area contributed by atoms with E-state index >= 15 is 0 Å². The summed E-state index contributed by atoms with van der Waals surface area (Å²) in [5, 5.41) is 3.75. The van der Waals surface area contributed by atoms with Crippen LogP contribution in [0.3, 0.4) is 0 Å². The minimum atomic E-state index is 0.585. The first-order valence-electron chi connectivity index (χ1n) is 7.38. The van der Waals surface area contributed by atoms with Crippen molar-refractivity contribution >= 4 is 0 Å². The lowest BCUT2D eigenvalue weighted by Crippen LogP contribution is -2.30. The zero-order valence-corrected chi connectivity index (χ0v) is 12.4. The summed E-state index contributed by atoms with van der Waals surface area (Å²) < 4.78 is 0. The molecule has 1 saturated carbocycles. The third-order valence-corrected chi connectivity index (χ3v) is 4.04. The summed E-state index contributed by atoms with van der Waals surface area (Å²) in [6.07, 6.45) is 9.60. The third kappa shape index (κ3) is 7.05. The fourth-order valence-electron chi connectivity index (χ4n) is 2.72. The van der Waals surface area contributed by atoms with E-state index in [1.807, 2.05) is 0 Å². The van der Waals surface area contributed by atoms with Crippen LogP contribution in [0.1, 0.15) is 58.8 Å². The summed E-state index contributed by atoms with van der Waals surface area (Å²) >= 11 is 0. The predicted molar refractivity (Wildman–Crippen MR) is 76.4 cm³/mol. The molecule has 1 aliphatic rings. The maximum Gasteiger partial charge on any atom is 0.00672 e. The van der Waals surface area contributed by atoms with E-state index in [0.29, 0.717) is 5.41 Å². The SMILES string of the molecule is CN(C)CCCCNC1CCCC(C)(C)CC1. The highest BCUT2D eigenvalue weighted by Crippen LogP contribution is 2.33. The fourth-order valence-corrected chi connectivity index (χ4v) is 2.72. The van der Waals surface area contributed by atoms with Crippen molar-refractivity contribution in [2.45, 2.75) is 64.8 Å². The Hall–Kier alpha value is -0.0800. The first-order valence-corrected chi connectivity index (χ1v) is 7.38. The lowest BCUT2D eigenvalue weighted by atomic mass is 9.85. The highest BCUT2D eigenvalue weighted by atomic mass is 15.0. The highest BCUT2D eigenvalue weighted by molar-refractivity contribution is 4.79. The van der Waals surface area contributed by atoms with Crippen LogP contribution in [-0.4, -0.2) is 38.1 Å². The molecule has 0 aliphatic heterocycles. The van der Waals surface area contributed by atoms with Gasteiger partial charge in [0, 0.05) is 6.04 Å². The molecule has 1 atom stereocenters.